The van der Waals surface area contributed by atoms with E-state index < -0.39 is 0 Å². The molecule has 2 heteroatoms. The molecule has 2 rings (SSSR count). The minimum atomic E-state index is 0.181. The van der Waals surface area contributed by atoms with Gasteiger partial charge in [-0.1, -0.05) is 32.9 Å². The molecule has 0 saturated heterocycles. The molecule has 0 atom stereocenters. The monoisotopic (exact) mass is 214 g/mol. The second-order valence-corrected chi connectivity index (χ2v) is 5.19. The molecule has 0 radical (unpaired) electrons. The quantitative estimate of drug-likeness (QED) is 0.792. The molecule has 84 valence electrons. The molecular formula is C14H18N2. The van der Waals surface area contributed by atoms with Crippen LogP contribution < -0.4 is 5.73 Å². The van der Waals surface area contributed by atoms with E-state index in [4.69, 9.17) is 5.73 Å². The fourth-order valence-electron chi connectivity index (χ4n) is 1.77. The molecule has 0 unspecified atom stereocenters. The highest BCUT2D eigenvalue weighted by Crippen LogP contribution is 2.25. The zero-order chi connectivity index (χ0) is 11.8. The van der Waals surface area contributed by atoms with E-state index in [1.165, 1.54) is 16.3 Å². The van der Waals surface area contributed by atoms with Crippen LogP contribution in [0.2, 0.25) is 0 Å². The zero-order valence-corrected chi connectivity index (χ0v) is 10.1. The van der Waals surface area contributed by atoms with Crippen LogP contribution >= 0.6 is 0 Å². The maximum atomic E-state index is 5.58. The second kappa shape index (κ2) is 3.87. The van der Waals surface area contributed by atoms with Gasteiger partial charge in [0.15, 0.2) is 0 Å². The molecule has 1 aromatic carbocycles. The first-order chi connectivity index (χ1) is 7.50. The molecular weight excluding hydrogens is 196 g/mol. The summed E-state index contributed by atoms with van der Waals surface area (Å²) in [5.41, 5.74) is 8.03. The van der Waals surface area contributed by atoms with Gasteiger partial charge in [0, 0.05) is 18.1 Å². The lowest BCUT2D eigenvalue weighted by Gasteiger charge is -2.19. The molecule has 1 heterocycles. The molecule has 0 amide bonds. The Morgan fingerprint density at radius 2 is 1.88 bits per heavy atom. The van der Waals surface area contributed by atoms with Crippen molar-refractivity contribution in [1.29, 1.82) is 0 Å². The number of nitrogens with two attached hydrogens (primary N) is 1. The van der Waals surface area contributed by atoms with Crippen LogP contribution in [0.1, 0.15) is 32.0 Å². The minimum absolute atomic E-state index is 0.181. The first kappa shape index (κ1) is 11.1. The maximum absolute atomic E-state index is 5.58. The SMILES string of the molecule is CC(C)(C)c1ccc2cc(CN)ncc2c1. The summed E-state index contributed by atoms with van der Waals surface area (Å²) in [7, 11) is 0. The van der Waals surface area contributed by atoms with E-state index in [0.717, 1.165) is 5.69 Å². The average Bonchev–Trinajstić information content (AvgIpc) is 2.26. The van der Waals surface area contributed by atoms with E-state index >= 15 is 0 Å². The van der Waals surface area contributed by atoms with Gasteiger partial charge in [-0.05, 0) is 28.5 Å². The van der Waals surface area contributed by atoms with Gasteiger partial charge in [-0.3, -0.25) is 4.98 Å². The van der Waals surface area contributed by atoms with E-state index in [1.807, 2.05) is 6.20 Å². The van der Waals surface area contributed by atoms with Crippen molar-refractivity contribution in [2.24, 2.45) is 5.73 Å². The third-order valence-electron chi connectivity index (χ3n) is 2.85. The highest BCUT2D eigenvalue weighted by atomic mass is 14.7. The van der Waals surface area contributed by atoms with Gasteiger partial charge < -0.3 is 5.73 Å². The van der Waals surface area contributed by atoms with Crippen LogP contribution in [0.25, 0.3) is 10.8 Å². The van der Waals surface area contributed by atoms with E-state index in [2.05, 4.69) is 50.0 Å². The lowest BCUT2D eigenvalue weighted by atomic mass is 9.86. The summed E-state index contributed by atoms with van der Waals surface area (Å²) in [5, 5.41) is 2.40. The fraction of sp³-hybridized carbons (Fsp3) is 0.357. The van der Waals surface area contributed by atoms with Crippen LogP contribution in [0, 0.1) is 0 Å². The lowest BCUT2D eigenvalue weighted by Crippen LogP contribution is -2.10. The smallest absolute Gasteiger partial charge is 0.0545 e. The van der Waals surface area contributed by atoms with Gasteiger partial charge in [-0.25, -0.2) is 0 Å². The molecule has 2 aromatic rings. The Morgan fingerprint density at radius 1 is 1.12 bits per heavy atom. The molecule has 1 aromatic heterocycles. The molecule has 0 fully saturated rings. The molecule has 0 aliphatic rings. The van der Waals surface area contributed by atoms with Gasteiger partial charge in [0.1, 0.15) is 0 Å². The summed E-state index contributed by atoms with van der Waals surface area (Å²) in [6.07, 6.45) is 1.91. The highest BCUT2D eigenvalue weighted by Gasteiger charge is 2.13. The zero-order valence-electron chi connectivity index (χ0n) is 10.1. The predicted molar refractivity (Wildman–Crippen MR) is 68.3 cm³/mol. The third kappa shape index (κ3) is 2.07. The fourth-order valence-corrected chi connectivity index (χ4v) is 1.77. The summed E-state index contributed by atoms with van der Waals surface area (Å²) < 4.78 is 0. The molecule has 0 bridgehead atoms. The van der Waals surface area contributed by atoms with Crippen LogP contribution in [-0.2, 0) is 12.0 Å². The van der Waals surface area contributed by atoms with Crippen LogP contribution in [0.3, 0.4) is 0 Å². The topological polar surface area (TPSA) is 38.9 Å². The number of hydrogen-bond donors (Lipinski definition) is 1. The van der Waals surface area contributed by atoms with Gasteiger partial charge in [-0.2, -0.15) is 0 Å². The molecule has 2 N–H and O–H groups in total. The summed E-state index contributed by atoms with van der Waals surface area (Å²) in [5.74, 6) is 0. The summed E-state index contributed by atoms with van der Waals surface area (Å²) in [6.45, 7) is 7.15. The Morgan fingerprint density at radius 3 is 2.50 bits per heavy atom. The lowest BCUT2D eigenvalue weighted by molar-refractivity contribution is 0.591. The van der Waals surface area contributed by atoms with Crippen molar-refractivity contribution in [2.75, 3.05) is 0 Å². The van der Waals surface area contributed by atoms with Gasteiger partial charge in [0.05, 0.1) is 5.69 Å². The van der Waals surface area contributed by atoms with Gasteiger partial charge in [-0.15, -0.1) is 0 Å². The third-order valence-corrected chi connectivity index (χ3v) is 2.85. The molecule has 0 saturated carbocycles. The average molecular weight is 214 g/mol. The van der Waals surface area contributed by atoms with Crippen molar-refractivity contribution in [3.05, 3.63) is 41.7 Å². The Labute approximate surface area is 96.5 Å². The number of hydrogen-bond acceptors (Lipinski definition) is 2. The normalized spacial score (nSPS) is 12.0. The van der Waals surface area contributed by atoms with Crippen LogP contribution in [0.15, 0.2) is 30.5 Å². The maximum Gasteiger partial charge on any atom is 0.0545 e. The molecule has 0 aliphatic heterocycles. The Balaban J connectivity index is 2.56. The van der Waals surface area contributed by atoms with Crippen LogP contribution in [0.5, 0.6) is 0 Å². The molecule has 0 spiro atoms. The summed E-state index contributed by atoms with van der Waals surface area (Å²) >= 11 is 0. The number of nitrogens with zero attached hydrogens (tertiary/aromatic N) is 1. The number of aromatic nitrogens is 1. The van der Waals surface area contributed by atoms with Gasteiger partial charge in [0.2, 0.25) is 0 Å². The van der Waals surface area contributed by atoms with Gasteiger partial charge >= 0.3 is 0 Å². The first-order valence-corrected chi connectivity index (χ1v) is 5.60. The standard InChI is InChI=1S/C14H18N2/c1-14(2,3)12-5-4-10-7-13(8-15)16-9-11(10)6-12/h4-7,9H,8,15H2,1-3H3. The van der Waals surface area contributed by atoms with Crippen molar-refractivity contribution in [3.8, 4) is 0 Å². The van der Waals surface area contributed by atoms with Crippen molar-refractivity contribution in [3.63, 3.8) is 0 Å². The summed E-state index contributed by atoms with van der Waals surface area (Å²) in [6, 6.07) is 8.60. The Bertz CT molecular complexity index is 510. The number of pyridine rings is 1. The van der Waals surface area contributed by atoms with E-state index in [1.54, 1.807) is 0 Å². The van der Waals surface area contributed by atoms with E-state index in [0.29, 0.717) is 6.54 Å². The van der Waals surface area contributed by atoms with Crippen molar-refractivity contribution >= 4 is 10.8 Å². The number of benzene rings is 1. The van der Waals surface area contributed by atoms with Crippen molar-refractivity contribution < 1.29 is 0 Å². The molecule has 0 aliphatic carbocycles. The molecule has 2 nitrogen and oxygen atoms in total. The Hall–Kier alpha value is -1.41. The first-order valence-electron chi connectivity index (χ1n) is 5.60. The Kier molecular flexibility index (Phi) is 2.68. The van der Waals surface area contributed by atoms with E-state index in [9.17, 15) is 0 Å². The van der Waals surface area contributed by atoms with Crippen molar-refractivity contribution in [1.82, 2.24) is 4.98 Å². The predicted octanol–water partition coefficient (Wildman–Crippen LogP) is 2.99. The minimum Gasteiger partial charge on any atom is -0.325 e. The summed E-state index contributed by atoms with van der Waals surface area (Å²) in [4.78, 5) is 4.32. The molecule has 16 heavy (non-hydrogen) atoms. The van der Waals surface area contributed by atoms with Gasteiger partial charge in [0.25, 0.3) is 0 Å². The van der Waals surface area contributed by atoms with E-state index in [-0.39, 0.29) is 5.41 Å². The highest BCUT2D eigenvalue weighted by molar-refractivity contribution is 5.82. The van der Waals surface area contributed by atoms with Crippen LogP contribution in [-0.4, -0.2) is 4.98 Å². The number of fused-ring (bicyclic) bond motifs is 1. The number of rotatable bonds is 1. The largest absolute Gasteiger partial charge is 0.325 e. The van der Waals surface area contributed by atoms with Crippen molar-refractivity contribution in [2.45, 2.75) is 32.7 Å². The second-order valence-electron chi connectivity index (χ2n) is 5.19. The van der Waals surface area contributed by atoms with Crippen LogP contribution in [0.4, 0.5) is 0 Å².